The van der Waals surface area contributed by atoms with E-state index < -0.39 is 18.0 Å². The van der Waals surface area contributed by atoms with Crippen LogP contribution >= 0.6 is 0 Å². The first-order valence-corrected chi connectivity index (χ1v) is 10.0. The molecule has 0 fully saturated rings. The number of carboxylic acid groups (broad SMARTS) is 2. The standard InChI is InChI=1S/C20H20N2O.C4H4O4/c23-18-12-6-10-16-19(21-13-14-7-2-1-3-8-14)15-9-4-5-11-17(15)22-20(16)18;5-3(6)1-2-4(7)8/h1-5,7-9,11,18,23H,6,10,12-13H2,(H,21,22);1-2H,(H,5,6)(H,7,8)/b;2-1-. The molecule has 3 aromatic rings. The van der Waals surface area contributed by atoms with E-state index >= 15 is 0 Å². The molecule has 0 radical (unpaired) electrons. The minimum Gasteiger partial charge on any atom is -0.545 e. The molecule has 0 amide bonds. The van der Waals surface area contributed by atoms with E-state index in [0.717, 1.165) is 37.0 Å². The number of nitrogens with two attached hydrogens (primary N) is 1. The highest BCUT2D eigenvalue weighted by Gasteiger charge is 2.26. The highest BCUT2D eigenvalue weighted by atomic mass is 16.4. The molecular weight excluding hydrogens is 396 g/mol. The Morgan fingerprint density at radius 3 is 2.48 bits per heavy atom. The van der Waals surface area contributed by atoms with Crippen LogP contribution in [0.15, 0.2) is 66.7 Å². The smallest absolute Gasteiger partial charge is 0.328 e. The van der Waals surface area contributed by atoms with Gasteiger partial charge in [-0.05, 0) is 37.5 Å². The van der Waals surface area contributed by atoms with Crippen molar-refractivity contribution in [3.05, 3.63) is 83.6 Å². The van der Waals surface area contributed by atoms with Crippen molar-refractivity contribution < 1.29 is 30.2 Å². The number of carbonyl (C=O) groups is 2. The molecule has 7 heteroatoms. The van der Waals surface area contributed by atoms with Crippen LogP contribution in [0.25, 0.3) is 10.9 Å². The van der Waals surface area contributed by atoms with Crippen LogP contribution in [-0.2, 0) is 22.6 Å². The number of fused-ring (bicyclic) bond motifs is 2. The van der Waals surface area contributed by atoms with Gasteiger partial charge in [0.2, 0.25) is 0 Å². The predicted octanol–water partition coefficient (Wildman–Crippen LogP) is 1.38. The van der Waals surface area contributed by atoms with Gasteiger partial charge in [-0.2, -0.15) is 0 Å². The summed E-state index contributed by atoms with van der Waals surface area (Å²) >= 11 is 0. The number of aromatic nitrogens is 1. The molecule has 4 rings (SSSR count). The molecule has 1 atom stereocenters. The average Bonchev–Trinajstić information content (AvgIpc) is 2.77. The lowest BCUT2D eigenvalue weighted by Crippen LogP contribution is -2.76. The first-order valence-electron chi connectivity index (χ1n) is 10.0. The maximum Gasteiger partial charge on any atom is 0.328 e. The van der Waals surface area contributed by atoms with Crippen LogP contribution in [0, 0.1) is 0 Å². The third-order valence-corrected chi connectivity index (χ3v) is 5.04. The minimum absolute atomic E-state index is 0.424. The lowest BCUT2D eigenvalue weighted by molar-refractivity contribution is -0.587. The van der Waals surface area contributed by atoms with Crippen LogP contribution in [0.3, 0.4) is 0 Å². The van der Waals surface area contributed by atoms with Crippen molar-refractivity contribution >= 4 is 28.5 Å². The van der Waals surface area contributed by atoms with Gasteiger partial charge in [0.05, 0.1) is 28.7 Å². The zero-order chi connectivity index (χ0) is 22.2. The maximum atomic E-state index is 10.4. The van der Waals surface area contributed by atoms with E-state index in [0.29, 0.717) is 12.2 Å². The summed E-state index contributed by atoms with van der Waals surface area (Å²) in [5.41, 5.74) is 5.66. The van der Waals surface area contributed by atoms with Crippen molar-refractivity contribution in [2.45, 2.75) is 31.9 Å². The van der Waals surface area contributed by atoms with Crippen LogP contribution in [0.4, 0.5) is 5.69 Å². The number of para-hydroxylation sites is 1. The van der Waals surface area contributed by atoms with E-state index in [2.05, 4.69) is 41.7 Å². The SMILES string of the molecule is O=C([O-])/C=C\C(=O)O.OC1CCCc2c1nc1ccccc1c2[NH2+]Cc1ccccc1. The molecule has 31 heavy (non-hydrogen) atoms. The van der Waals surface area contributed by atoms with Crippen molar-refractivity contribution in [2.75, 3.05) is 0 Å². The van der Waals surface area contributed by atoms with Gasteiger partial charge in [-0.3, -0.25) is 0 Å². The van der Waals surface area contributed by atoms with Crippen LogP contribution in [0.2, 0.25) is 0 Å². The summed E-state index contributed by atoms with van der Waals surface area (Å²) in [6.07, 6.45) is 3.37. The molecule has 1 heterocycles. The minimum atomic E-state index is -1.51. The summed E-state index contributed by atoms with van der Waals surface area (Å²) in [6.45, 7) is 0.900. The Morgan fingerprint density at radius 1 is 1.10 bits per heavy atom. The number of aliphatic hydroxyl groups excluding tert-OH is 1. The predicted molar refractivity (Wildman–Crippen MR) is 113 cm³/mol. The normalized spacial score (nSPS) is 15.2. The van der Waals surface area contributed by atoms with E-state index in [1.54, 1.807) is 0 Å². The molecule has 160 valence electrons. The first-order chi connectivity index (χ1) is 15.0. The summed E-state index contributed by atoms with van der Waals surface area (Å²) in [5, 5.41) is 31.1. The summed E-state index contributed by atoms with van der Waals surface area (Å²) < 4.78 is 0. The van der Waals surface area contributed by atoms with Gasteiger partial charge in [0.15, 0.2) is 0 Å². The Balaban J connectivity index is 0.000000293. The second-order valence-corrected chi connectivity index (χ2v) is 7.20. The van der Waals surface area contributed by atoms with Gasteiger partial charge in [-0.25, -0.2) is 9.78 Å². The third-order valence-electron chi connectivity index (χ3n) is 5.04. The number of hydrogen-bond donors (Lipinski definition) is 3. The Labute approximate surface area is 179 Å². The van der Waals surface area contributed by atoms with Crippen molar-refractivity contribution in [2.24, 2.45) is 0 Å². The topological polar surface area (TPSA) is 127 Å². The van der Waals surface area contributed by atoms with Crippen LogP contribution < -0.4 is 10.4 Å². The summed E-state index contributed by atoms with van der Waals surface area (Å²) in [6, 6.07) is 18.8. The number of rotatable bonds is 5. The number of hydrogen-bond acceptors (Lipinski definition) is 5. The van der Waals surface area contributed by atoms with Crippen molar-refractivity contribution in [1.82, 2.24) is 4.98 Å². The van der Waals surface area contributed by atoms with E-state index in [9.17, 15) is 19.8 Å². The molecule has 1 unspecified atom stereocenters. The van der Waals surface area contributed by atoms with Gasteiger partial charge in [0.25, 0.3) is 0 Å². The lowest BCUT2D eigenvalue weighted by atomic mass is 9.90. The van der Waals surface area contributed by atoms with E-state index in [4.69, 9.17) is 10.1 Å². The number of aliphatic carboxylic acids is 2. The monoisotopic (exact) mass is 420 g/mol. The number of carbonyl (C=O) groups excluding carboxylic acids is 1. The molecule has 0 saturated carbocycles. The molecule has 0 aliphatic heterocycles. The second kappa shape index (κ2) is 10.5. The molecule has 1 aliphatic carbocycles. The third kappa shape index (κ3) is 5.97. The number of aliphatic hydroxyl groups is 1. The molecule has 0 spiro atoms. The quantitative estimate of drug-likeness (QED) is 0.535. The zero-order valence-corrected chi connectivity index (χ0v) is 16.9. The molecule has 4 N–H and O–H groups in total. The van der Waals surface area contributed by atoms with Gasteiger partial charge >= 0.3 is 5.97 Å². The molecule has 7 nitrogen and oxygen atoms in total. The molecule has 2 aromatic carbocycles. The molecule has 1 aromatic heterocycles. The fraction of sp³-hybridized carbons (Fsp3) is 0.208. The van der Waals surface area contributed by atoms with Gasteiger partial charge in [-0.15, -0.1) is 0 Å². The van der Waals surface area contributed by atoms with Gasteiger partial charge < -0.3 is 25.4 Å². The lowest BCUT2D eigenvalue weighted by Gasteiger charge is -2.22. The van der Waals surface area contributed by atoms with Crippen molar-refractivity contribution in [3.63, 3.8) is 0 Å². The highest BCUT2D eigenvalue weighted by molar-refractivity contribution is 5.90. The first kappa shape index (κ1) is 22.1. The Morgan fingerprint density at radius 2 is 1.81 bits per heavy atom. The fourth-order valence-electron chi connectivity index (χ4n) is 3.65. The molecular formula is C24H24N2O5. The van der Waals surface area contributed by atoms with Crippen LogP contribution in [0.1, 0.15) is 35.8 Å². The molecule has 1 aliphatic rings. The van der Waals surface area contributed by atoms with Crippen LogP contribution in [0.5, 0.6) is 0 Å². The average molecular weight is 420 g/mol. The van der Waals surface area contributed by atoms with Crippen molar-refractivity contribution in [3.8, 4) is 0 Å². The molecule has 0 saturated heterocycles. The highest BCUT2D eigenvalue weighted by Crippen LogP contribution is 2.35. The Bertz CT molecular complexity index is 1080. The maximum absolute atomic E-state index is 10.4. The van der Waals surface area contributed by atoms with E-state index in [1.165, 1.54) is 22.2 Å². The number of pyridine rings is 1. The van der Waals surface area contributed by atoms with Gasteiger partial charge in [0, 0.05) is 17.2 Å². The molecule has 0 bridgehead atoms. The van der Waals surface area contributed by atoms with Gasteiger partial charge in [0.1, 0.15) is 12.2 Å². The second-order valence-electron chi connectivity index (χ2n) is 7.20. The van der Waals surface area contributed by atoms with Gasteiger partial charge in [-0.1, -0.05) is 42.5 Å². The van der Waals surface area contributed by atoms with Crippen molar-refractivity contribution in [1.29, 1.82) is 0 Å². The summed E-state index contributed by atoms with van der Waals surface area (Å²) in [7, 11) is 0. The summed E-state index contributed by atoms with van der Waals surface area (Å²) in [5.74, 6) is -2.80. The number of quaternary nitrogens is 1. The fourth-order valence-corrected chi connectivity index (χ4v) is 3.65. The van der Waals surface area contributed by atoms with E-state index in [-0.39, 0.29) is 0 Å². The van der Waals surface area contributed by atoms with E-state index in [1.807, 2.05) is 18.2 Å². The Kier molecular flexibility index (Phi) is 7.48. The zero-order valence-electron chi connectivity index (χ0n) is 16.9. The summed E-state index contributed by atoms with van der Waals surface area (Å²) in [4.78, 5) is 23.7. The number of benzene rings is 2. The largest absolute Gasteiger partial charge is 0.545 e. The number of nitrogens with zero attached hydrogens (tertiary/aromatic N) is 1. The Hall–Kier alpha value is -3.55. The van der Waals surface area contributed by atoms with Crippen LogP contribution in [-0.4, -0.2) is 27.1 Å². The number of carboxylic acids is 2.